The molecule has 0 spiro atoms. The minimum atomic E-state index is -2.99. The van der Waals surface area contributed by atoms with Crippen LogP contribution in [0.1, 0.15) is 23.2 Å². The minimum absolute atomic E-state index is 0.00818. The number of alkyl halides is 2. The highest BCUT2D eigenvalue weighted by atomic mass is 19.3. The van der Waals surface area contributed by atoms with Crippen LogP contribution in [0.3, 0.4) is 0 Å². The molecule has 2 aliphatic heterocycles. The van der Waals surface area contributed by atoms with Crippen molar-refractivity contribution < 1.29 is 27.8 Å². The van der Waals surface area contributed by atoms with Gasteiger partial charge in [-0.2, -0.15) is 8.78 Å². The van der Waals surface area contributed by atoms with Crippen molar-refractivity contribution in [1.82, 2.24) is 9.80 Å². The lowest BCUT2D eigenvalue weighted by molar-refractivity contribution is -0.140. The second-order valence-electron chi connectivity index (χ2n) is 6.38. The van der Waals surface area contributed by atoms with Gasteiger partial charge in [0.05, 0.1) is 5.56 Å². The minimum Gasteiger partial charge on any atom is -0.434 e. The quantitative estimate of drug-likeness (QED) is 0.816. The van der Waals surface area contributed by atoms with Crippen molar-refractivity contribution in [3.63, 3.8) is 0 Å². The summed E-state index contributed by atoms with van der Waals surface area (Å²) in [5, 5.41) is 0. The van der Waals surface area contributed by atoms with Crippen LogP contribution in [0, 0.1) is 5.92 Å². The van der Waals surface area contributed by atoms with Crippen LogP contribution in [0.4, 0.5) is 8.78 Å². The van der Waals surface area contributed by atoms with Crippen molar-refractivity contribution in [2.24, 2.45) is 5.92 Å². The van der Waals surface area contributed by atoms with Crippen LogP contribution in [-0.4, -0.2) is 67.6 Å². The Hall–Kier alpha value is -2.22. The van der Waals surface area contributed by atoms with Gasteiger partial charge in [0.25, 0.3) is 5.91 Å². The van der Waals surface area contributed by atoms with Crippen molar-refractivity contribution in [2.75, 3.05) is 39.4 Å². The molecule has 2 heterocycles. The Labute approximate surface area is 150 Å². The number of para-hydroxylation sites is 1. The molecule has 2 aliphatic rings. The molecule has 2 amide bonds. The molecule has 0 bridgehead atoms. The van der Waals surface area contributed by atoms with E-state index in [1.807, 2.05) is 0 Å². The second kappa shape index (κ2) is 8.44. The van der Waals surface area contributed by atoms with E-state index in [1.165, 1.54) is 12.1 Å². The molecule has 0 N–H and O–H groups in total. The Bertz CT molecular complexity index is 642. The number of hydrogen-bond acceptors (Lipinski definition) is 4. The van der Waals surface area contributed by atoms with Gasteiger partial charge < -0.3 is 19.3 Å². The Morgan fingerprint density at radius 3 is 2.31 bits per heavy atom. The SMILES string of the molecule is O=C(c1ccccc1OC(F)F)N1CCN(C(=O)C2CCOCC2)CC1. The largest absolute Gasteiger partial charge is 0.434 e. The predicted molar refractivity (Wildman–Crippen MR) is 89.1 cm³/mol. The molecular weight excluding hydrogens is 346 g/mol. The van der Waals surface area contributed by atoms with Gasteiger partial charge in [-0.1, -0.05) is 12.1 Å². The molecule has 8 heteroatoms. The third-order valence-electron chi connectivity index (χ3n) is 4.78. The average Bonchev–Trinajstić information content (AvgIpc) is 2.68. The Kier molecular flexibility index (Phi) is 6.03. The molecule has 0 aliphatic carbocycles. The zero-order chi connectivity index (χ0) is 18.5. The lowest BCUT2D eigenvalue weighted by Gasteiger charge is -2.37. The van der Waals surface area contributed by atoms with Gasteiger partial charge in [-0.05, 0) is 25.0 Å². The number of amides is 2. The predicted octanol–water partition coefficient (Wildman–Crippen LogP) is 2.00. The maximum absolute atomic E-state index is 12.7. The van der Waals surface area contributed by atoms with E-state index in [2.05, 4.69) is 4.74 Å². The molecule has 0 unspecified atom stereocenters. The van der Waals surface area contributed by atoms with Crippen LogP contribution in [0.15, 0.2) is 24.3 Å². The van der Waals surface area contributed by atoms with E-state index in [0.29, 0.717) is 39.4 Å². The van der Waals surface area contributed by atoms with Crippen LogP contribution in [0.25, 0.3) is 0 Å². The zero-order valence-electron chi connectivity index (χ0n) is 14.4. The summed E-state index contributed by atoms with van der Waals surface area (Å²) < 4.78 is 34.8. The van der Waals surface area contributed by atoms with E-state index >= 15 is 0 Å². The molecule has 1 aromatic carbocycles. The lowest BCUT2D eigenvalue weighted by Crippen LogP contribution is -2.52. The molecule has 1 aromatic rings. The van der Waals surface area contributed by atoms with Crippen LogP contribution >= 0.6 is 0 Å². The Morgan fingerprint density at radius 2 is 1.65 bits per heavy atom. The summed E-state index contributed by atoms with van der Waals surface area (Å²) in [5.41, 5.74) is 0.108. The van der Waals surface area contributed by atoms with Crippen LogP contribution in [-0.2, 0) is 9.53 Å². The summed E-state index contributed by atoms with van der Waals surface area (Å²) in [6, 6.07) is 5.97. The normalized spacial score (nSPS) is 18.9. The molecule has 0 saturated carbocycles. The first-order chi connectivity index (χ1) is 12.6. The van der Waals surface area contributed by atoms with E-state index in [0.717, 1.165) is 12.8 Å². The first-order valence-corrected chi connectivity index (χ1v) is 8.76. The maximum Gasteiger partial charge on any atom is 0.387 e. The molecule has 0 aromatic heterocycles. The van der Waals surface area contributed by atoms with Gasteiger partial charge in [0.1, 0.15) is 5.75 Å². The van der Waals surface area contributed by atoms with Gasteiger partial charge in [-0.3, -0.25) is 9.59 Å². The molecular formula is C18H22F2N2O4. The average molecular weight is 368 g/mol. The van der Waals surface area contributed by atoms with Crippen molar-refractivity contribution >= 4 is 11.8 Å². The van der Waals surface area contributed by atoms with E-state index in [4.69, 9.17) is 4.74 Å². The van der Waals surface area contributed by atoms with Crippen molar-refractivity contribution in [2.45, 2.75) is 19.5 Å². The summed E-state index contributed by atoms with van der Waals surface area (Å²) in [5.74, 6) is -0.388. The molecule has 26 heavy (non-hydrogen) atoms. The summed E-state index contributed by atoms with van der Waals surface area (Å²) in [6.07, 6.45) is 1.46. The first kappa shape index (κ1) is 18.6. The van der Waals surface area contributed by atoms with E-state index in [9.17, 15) is 18.4 Å². The topological polar surface area (TPSA) is 59.1 Å². The van der Waals surface area contributed by atoms with Gasteiger partial charge in [0, 0.05) is 45.3 Å². The van der Waals surface area contributed by atoms with Gasteiger partial charge in [-0.25, -0.2) is 0 Å². The monoisotopic (exact) mass is 368 g/mol. The summed E-state index contributed by atoms with van der Waals surface area (Å²) in [7, 11) is 0. The fourth-order valence-electron chi connectivity index (χ4n) is 3.35. The number of piperazine rings is 1. The number of halogens is 2. The van der Waals surface area contributed by atoms with E-state index in [-0.39, 0.29) is 29.0 Å². The van der Waals surface area contributed by atoms with Crippen molar-refractivity contribution in [1.29, 1.82) is 0 Å². The third-order valence-corrected chi connectivity index (χ3v) is 4.78. The van der Waals surface area contributed by atoms with Gasteiger partial charge in [0.2, 0.25) is 5.91 Å². The zero-order valence-corrected chi connectivity index (χ0v) is 14.4. The van der Waals surface area contributed by atoms with E-state index in [1.54, 1.807) is 21.9 Å². The summed E-state index contributed by atoms with van der Waals surface area (Å²) in [4.78, 5) is 28.5. The fourth-order valence-corrected chi connectivity index (χ4v) is 3.35. The van der Waals surface area contributed by atoms with Crippen LogP contribution < -0.4 is 4.74 Å². The number of hydrogen-bond donors (Lipinski definition) is 0. The van der Waals surface area contributed by atoms with Crippen LogP contribution in [0.2, 0.25) is 0 Å². The molecule has 3 rings (SSSR count). The maximum atomic E-state index is 12.7. The number of benzene rings is 1. The van der Waals surface area contributed by atoms with E-state index < -0.39 is 6.61 Å². The van der Waals surface area contributed by atoms with Gasteiger partial charge in [-0.15, -0.1) is 0 Å². The summed E-state index contributed by atoms with van der Waals surface area (Å²) >= 11 is 0. The third kappa shape index (κ3) is 4.30. The Balaban J connectivity index is 1.59. The fraction of sp³-hybridized carbons (Fsp3) is 0.556. The first-order valence-electron chi connectivity index (χ1n) is 8.76. The van der Waals surface area contributed by atoms with Gasteiger partial charge >= 0.3 is 6.61 Å². The number of ether oxygens (including phenoxy) is 2. The number of carbonyl (C=O) groups is 2. The molecule has 6 nitrogen and oxygen atoms in total. The molecule has 0 atom stereocenters. The standard InChI is InChI=1S/C18H22F2N2O4/c19-18(20)26-15-4-2-1-3-14(15)17(24)22-9-7-21(8-10-22)16(23)13-5-11-25-12-6-13/h1-4,13,18H,5-12H2. The molecule has 142 valence electrons. The Morgan fingerprint density at radius 1 is 1.04 bits per heavy atom. The number of nitrogens with zero attached hydrogens (tertiary/aromatic N) is 2. The smallest absolute Gasteiger partial charge is 0.387 e. The molecule has 2 saturated heterocycles. The van der Waals surface area contributed by atoms with Crippen molar-refractivity contribution in [3.05, 3.63) is 29.8 Å². The molecule has 0 radical (unpaired) electrons. The molecule has 2 fully saturated rings. The van der Waals surface area contributed by atoms with Crippen molar-refractivity contribution in [3.8, 4) is 5.75 Å². The summed E-state index contributed by atoms with van der Waals surface area (Å²) in [6.45, 7) is -0.142. The highest BCUT2D eigenvalue weighted by molar-refractivity contribution is 5.97. The van der Waals surface area contributed by atoms with Gasteiger partial charge in [0.15, 0.2) is 0 Å². The second-order valence-corrected chi connectivity index (χ2v) is 6.38. The highest BCUT2D eigenvalue weighted by Crippen LogP contribution is 2.23. The highest BCUT2D eigenvalue weighted by Gasteiger charge is 2.31. The number of rotatable bonds is 4. The lowest BCUT2D eigenvalue weighted by atomic mass is 9.98. The van der Waals surface area contributed by atoms with Crippen LogP contribution in [0.5, 0.6) is 5.75 Å². The number of carbonyl (C=O) groups excluding carboxylic acids is 2.